The SMILES string of the molecule is CC1CCCN(CC(C)NC(=O)NCc2ccc(F)c(CO)c2)C1. The molecule has 1 aromatic rings. The number of piperidine rings is 1. The molecule has 1 fully saturated rings. The van der Waals surface area contributed by atoms with Gasteiger partial charge in [-0.15, -0.1) is 0 Å². The molecule has 0 saturated carbocycles. The molecular weight excluding hydrogens is 309 g/mol. The summed E-state index contributed by atoms with van der Waals surface area (Å²) in [5, 5.41) is 14.8. The second-order valence-corrected chi connectivity index (χ2v) is 6.82. The lowest BCUT2D eigenvalue weighted by Crippen LogP contribution is -2.47. The molecule has 1 heterocycles. The second-order valence-electron chi connectivity index (χ2n) is 6.82. The van der Waals surface area contributed by atoms with Gasteiger partial charge in [-0.2, -0.15) is 0 Å². The Morgan fingerprint density at radius 2 is 2.29 bits per heavy atom. The molecular formula is C18H28FN3O2. The highest BCUT2D eigenvalue weighted by molar-refractivity contribution is 5.74. The molecule has 2 unspecified atom stereocenters. The van der Waals surface area contributed by atoms with E-state index < -0.39 is 5.82 Å². The number of halogens is 1. The first-order valence-corrected chi connectivity index (χ1v) is 8.62. The molecule has 6 heteroatoms. The third-order valence-corrected chi connectivity index (χ3v) is 4.38. The van der Waals surface area contributed by atoms with Crippen molar-refractivity contribution in [1.29, 1.82) is 0 Å². The Kier molecular flexibility index (Phi) is 6.99. The van der Waals surface area contributed by atoms with Crippen molar-refractivity contribution in [2.45, 2.75) is 45.9 Å². The lowest BCUT2D eigenvalue weighted by Gasteiger charge is -2.32. The highest BCUT2D eigenvalue weighted by Crippen LogP contribution is 2.15. The van der Waals surface area contributed by atoms with Crippen molar-refractivity contribution >= 4 is 6.03 Å². The van der Waals surface area contributed by atoms with Crippen molar-refractivity contribution in [3.05, 3.63) is 35.1 Å². The molecule has 3 N–H and O–H groups in total. The molecule has 2 amide bonds. The smallest absolute Gasteiger partial charge is 0.315 e. The van der Waals surface area contributed by atoms with Gasteiger partial charge in [0, 0.05) is 31.2 Å². The molecule has 1 aliphatic rings. The Morgan fingerprint density at radius 3 is 3.00 bits per heavy atom. The van der Waals surface area contributed by atoms with Crippen molar-refractivity contribution < 1.29 is 14.3 Å². The van der Waals surface area contributed by atoms with Crippen LogP contribution in [0, 0.1) is 11.7 Å². The maximum Gasteiger partial charge on any atom is 0.315 e. The van der Waals surface area contributed by atoms with E-state index in [1.807, 2.05) is 6.92 Å². The molecule has 1 aliphatic heterocycles. The van der Waals surface area contributed by atoms with E-state index in [2.05, 4.69) is 22.5 Å². The number of nitrogens with one attached hydrogen (secondary N) is 2. The zero-order chi connectivity index (χ0) is 17.5. The number of nitrogens with zero attached hydrogens (tertiary/aromatic N) is 1. The number of hydrogen-bond donors (Lipinski definition) is 3. The number of benzene rings is 1. The molecule has 0 aromatic heterocycles. The number of urea groups is 1. The van der Waals surface area contributed by atoms with Crippen LogP contribution >= 0.6 is 0 Å². The van der Waals surface area contributed by atoms with Gasteiger partial charge in [-0.05, 0) is 49.9 Å². The van der Waals surface area contributed by atoms with Crippen LogP contribution in [0.3, 0.4) is 0 Å². The lowest BCUT2D eigenvalue weighted by molar-refractivity contribution is 0.169. The van der Waals surface area contributed by atoms with Crippen LogP contribution in [-0.2, 0) is 13.2 Å². The van der Waals surface area contributed by atoms with E-state index in [-0.39, 0.29) is 24.2 Å². The number of carbonyl (C=O) groups excluding carboxylic acids is 1. The monoisotopic (exact) mass is 337 g/mol. The predicted molar refractivity (Wildman–Crippen MR) is 92.0 cm³/mol. The number of rotatable bonds is 6. The van der Waals surface area contributed by atoms with Crippen LogP contribution in [0.4, 0.5) is 9.18 Å². The summed E-state index contributed by atoms with van der Waals surface area (Å²) in [6.45, 7) is 7.25. The standard InChI is InChI=1S/C18H28FN3O2/c1-13-4-3-7-22(10-13)11-14(2)21-18(24)20-9-15-5-6-17(19)16(8-15)12-23/h5-6,8,13-14,23H,3-4,7,9-12H2,1-2H3,(H2,20,21,24). The Hall–Kier alpha value is -1.66. The molecule has 0 aliphatic carbocycles. The van der Waals surface area contributed by atoms with Gasteiger partial charge in [-0.3, -0.25) is 0 Å². The number of aliphatic hydroxyl groups excluding tert-OH is 1. The molecule has 5 nitrogen and oxygen atoms in total. The molecule has 24 heavy (non-hydrogen) atoms. The number of amides is 2. The van der Waals surface area contributed by atoms with Crippen LogP contribution in [0.5, 0.6) is 0 Å². The van der Waals surface area contributed by atoms with Crippen molar-refractivity contribution in [3.63, 3.8) is 0 Å². The number of hydrogen-bond acceptors (Lipinski definition) is 3. The fraction of sp³-hybridized carbons (Fsp3) is 0.611. The highest BCUT2D eigenvalue weighted by atomic mass is 19.1. The molecule has 1 aromatic carbocycles. The number of likely N-dealkylation sites (tertiary alicyclic amines) is 1. The van der Waals surface area contributed by atoms with Crippen LogP contribution in [0.1, 0.15) is 37.8 Å². The molecule has 0 bridgehead atoms. The molecule has 1 saturated heterocycles. The quantitative estimate of drug-likeness (QED) is 0.746. The molecule has 0 radical (unpaired) electrons. The van der Waals surface area contributed by atoms with E-state index in [4.69, 9.17) is 5.11 Å². The summed E-state index contributed by atoms with van der Waals surface area (Å²) in [7, 11) is 0. The van der Waals surface area contributed by atoms with Gasteiger partial charge in [-0.25, -0.2) is 9.18 Å². The Labute approximate surface area is 143 Å². The topological polar surface area (TPSA) is 64.6 Å². The van der Waals surface area contributed by atoms with E-state index in [0.29, 0.717) is 6.54 Å². The molecule has 2 rings (SSSR count). The fourth-order valence-electron chi connectivity index (χ4n) is 3.20. The van der Waals surface area contributed by atoms with Crippen LogP contribution in [0.2, 0.25) is 0 Å². The molecule has 2 atom stereocenters. The van der Waals surface area contributed by atoms with Crippen LogP contribution < -0.4 is 10.6 Å². The minimum absolute atomic E-state index is 0.0662. The second kappa shape index (κ2) is 8.99. The normalized spacial score (nSPS) is 19.8. The van der Waals surface area contributed by atoms with Gasteiger partial charge >= 0.3 is 6.03 Å². The Bertz CT molecular complexity index is 553. The first-order chi connectivity index (χ1) is 11.5. The number of aliphatic hydroxyl groups is 1. The van der Waals surface area contributed by atoms with Gasteiger partial charge in [0.1, 0.15) is 5.82 Å². The lowest BCUT2D eigenvalue weighted by atomic mass is 10.00. The van der Waals surface area contributed by atoms with E-state index in [1.54, 1.807) is 12.1 Å². The summed E-state index contributed by atoms with van der Waals surface area (Å²) in [6, 6.07) is 4.31. The summed E-state index contributed by atoms with van der Waals surface area (Å²) >= 11 is 0. The zero-order valence-corrected chi connectivity index (χ0v) is 14.5. The largest absolute Gasteiger partial charge is 0.392 e. The van der Waals surface area contributed by atoms with E-state index in [0.717, 1.165) is 31.1 Å². The summed E-state index contributed by atoms with van der Waals surface area (Å²) in [6.07, 6.45) is 2.50. The van der Waals surface area contributed by atoms with Crippen LogP contribution in [0.15, 0.2) is 18.2 Å². The van der Waals surface area contributed by atoms with Gasteiger partial charge in [0.2, 0.25) is 0 Å². The maximum absolute atomic E-state index is 13.3. The van der Waals surface area contributed by atoms with Crippen molar-refractivity contribution in [2.24, 2.45) is 5.92 Å². The highest BCUT2D eigenvalue weighted by Gasteiger charge is 2.18. The minimum atomic E-state index is -0.435. The maximum atomic E-state index is 13.3. The van der Waals surface area contributed by atoms with Gasteiger partial charge < -0.3 is 20.6 Å². The minimum Gasteiger partial charge on any atom is -0.392 e. The molecule has 0 spiro atoms. The molecule has 134 valence electrons. The van der Waals surface area contributed by atoms with E-state index in [9.17, 15) is 9.18 Å². The van der Waals surface area contributed by atoms with E-state index in [1.165, 1.54) is 18.9 Å². The van der Waals surface area contributed by atoms with Gasteiger partial charge in [0.05, 0.1) is 6.61 Å². The first-order valence-electron chi connectivity index (χ1n) is 8.62. The van der Waals surface area contributed by atoms with Crippen molar-refractivity contribution in [3.8, 4) is 0 Å². The summed E-state index contributed by atoms with van der Waals surface area (Å²) in [4.78, 5) is 14.4. The third-order valence-electron chi connectivity index (χ3n) is 4.38. The van der Waals surface area contributed by atoms with Crippen LogP contribution in [0.25, 0.3) is 0 Å². The Morgan fingerprint density at radius 1 is 1.50 bits per heavy atom. The van der Waals surface area contributed by atoms with Crippen molar-refractivity contribution in [1.82, 2.24) is 15.5 Å². The van der Waals surface area contributed by atoms with Crippen molar-refractivity contribution in [2.75, 3.05) is 19.6 Å². The fourth-order valence-corrected chi connectivity index (χ4v) is 3.20. The number of carbonyl (C=O) groups is 1. The average molecular weight is 337 g/mol. The zero-order valence-electron chi connectivity index (χ0n) is 14.5. The summed E-state index contributed by atoms with van der Waals surface area (Å²) in [5.41, 5.74) is 0.996. The first kappa shape index (κ1) is 18.7. The summed E-state index contributed by atoms with van der Waals surface area (Å²) in [5.74, 6) is 0.286. The Balaban J connectivity index is 1.74. The van der Waals surface area contributed by atoms with E-state index >= 15 is 0 Å². The average Bonchev–Trinajstić information content (AvgIpc) is 2.54. The van der Waals surface area contributed by atoms with Crippen LogP contribution in [-0.4, -0.2) is 41.7 Å². The van der Waals surface area contributed by atoms with Gasteiger partial charge in [0.15, 0.2) is 0 Å². The van der Waals surface area contributed by atoms with Gasteiger partial charge in [0.25, 0.3) is 0 Å². The third kappa shape index (κ3) is 5.76. The predicted octanol–water partition coefficient (Wildman–Crippen LogP) is 2.24. The van der Waals surface area contributed by atoms with Gasteiger partial charge in [-0.1, -0.05) is 13.0 Å². The summed E-state index contributed by atoms with van der Waals surface area (Å²) < 4.78 is 13.3.